The first-order valence-electron chi connectivity index (χ1n) is 5.33. The molecule has 0 fully saturated rings. The molecule has 1 N–H and O–H groups in total. The van der Waals surface area contributed by atoms with Crippen molar-refractivity contribution in [1.82, 2.24) is 24.9 Å². The number of likely N-dealkylation sites (N-methyl/N-ethyl adjacent to an activating group) is 1. The second-order valence-electron chi connectivity index (χ2n) is 3.98. The third-order valence-corrected chi connectivity index (χ3v) is 2.64. The fourth-order valence-electron chi connectivity index (χ4n) is 1.79. The summed E-state index contributed by atoms with van der Waals surface area (Å²) >= 11 is 0. The van der Waals surface area contributed by atoms with Crippen molar-refractivity contribution >= 4 is 0 Å². The Hall–Kier alpha value is -1.62. The minimum absolute atomic E-state index is 0.241. The second kappa shape index (κ2) is 4.49. The summed E-state index contributed by atoms with van der Waals surface area (Å²) in [5.74, 6) is 0. The van der Waals surface area contributed by atoms with Crippen LogP contribution in [0.15, 0.2) is 24.7 Å². The highest BCUT2D eigenvalue weighted by Crippen LogP contribution is 2.15. The Balaban J connectivity index is 2.12. The molecule has 0 aromatic carbocycles. The van der Waals surface area contributed by atoms with Crippen molar-refractivity contribution in [1.29, 1.82) is 0 Å². The van der Waals surface area contributed by atoms with Crippen molar-refractivity contribution in [3.8, 4) is 0 Å². The van der Waals surface area contributed by atoms with Gasteiger partial charge in [0.25, 0.3) is 0 Å². The highest BCUT2D eigenvalue weighted by Gasteiger charge is 2.13. The Labute approximate surface area is 95.1 Å². The molecule has 5 nitrogen and oxygen atoms in total. The van der Waals surface area contributed by atoms with E-state index in [0.717, 1.165) is 12.1 Å². The lowest BCUT2D eigenvalue weighted by Crippen LogP contribution is -2.19. The summed E-state index contributed by atoms with van der Waals surface area (Å²) in [6.07, 6.45) is 6.80. The monoisotopic (exact) mass is 219 g/mol. The lowest BCUT2D eigenvalue weighted by Gasteiger charge is -2.12. The van der Waals surface area contributed by atoms with E-state index in [-0.39, 0.29) is 6.04 Å². The van der Waals surface area contributed by atoms with Gasteiger partial charge in [-0.1, -0.05) is 0 Å². The van der Waals surface area contributed by atoms with Crippen molar-refractivity contribution in [2.45, 2.75) is 12.5 Å². The van der Waals surface area contributed by atoms with E-state index >= 15 is 0 Å². The molecule has 0 radical (unpaired) electrons. The van der Waals surface area contributed by atoms with Crippen LogP contribution in [-0.4, -0.2) is 26.6 Å². The molecule has 86 valence electrons. The van der Waals surface area contributed by atoms with E-state index in [2.05, 4.69) is 15.5 Å². The largest absolute Gasteiger partial charge is 0.311 e. The van der Waals surface area contributed by atoms with Gasteiger partial charge in [0.2, 0.25) is 0 Å². The summed E-state index contributed by atoms with van der Waals surface area (Å²) in [5, 5.41) is 11.9. The lowest BCUT2D eigenvalue weighted by molar-refractivity contribution is 0.562. The smallest absolute Gasteiger partial charge is 0.0797 e. The zero-order chi connectivity index (χ0) is 11.5. The van der Waals surface area contributed by atoms with E-state index in [1.807, 2.05) is 55.2 Å². The molecule has 0 aliphatic heterocycles. The molecule has 0 amide bonds. The third-order valence-electron chi connectivity index (χ3n) is 2.64. The lowest BCUT2D eigenvalue weighted by atomic mass is 10.1. The standard InChI is InChI=1S/C11H17N5/c1-12-11(10-4-5-15(2)14-10)6-9-7-13-16(3)8-9/h4-5,7-8,11-12H,6H2,1-3H3. The third kappa shape index (κ3) is 2.30. The first-order chi connectivity index (χ1) is 7.69. The molecule has 2 aromatic heterocycles. The molecular formula is C11H17N5. The first-order valence-corrected chi connectivity index (χ1v) is 5.33. The molecule has 1 unspecified atom stereocenters. The summed E-state index contributed by atoms with van der Waals surface area (Å²) in [5.41, 5.74) is 2.28. The van der Waals surface area contributed by atoms with Gasteiger partial charge >= 0.3 is 0 Å². The van der Waals surface area contributed by atoms with E-state index in [0.29, 0.717) is 0 Å². The van der Waals surface area contributed by atoms with Crippen LogP contribution in [0.4, 0.5) is 0 Å². The van der Waals surface area contributed by atoms with Gasteiger partial charge in [0.1, 0.15) is 0 Å². The van der Waals surface area contributed by atoms with E-state index in [4.69, 9.17) is 0 Å². The molecule has 2 aromatic rings. The zero-order valence-electron chi connectivity index (χ0n) is 9.88. The molecule has 0 bridgehead atoms. The molecular weight excluding hydrogens is 202 g/mol. The Bertz CT molecular complexity index is 456. The fraction of sp³-hybridized carbons (Fsp3) is 0.455. The number of hydrogen-bond acceptors (Lipinski definition) is 3. The van der Waals surface area contributed by atoms with Gasteiger partial charge < -0.3 is 5.32 Å². The summed E-state index contributed by atoms with van der Waals surface area (Å²) in [6, 6.07) is 2.28. The van der Waals surface area contributed by atoms with Crippen LogP contribution >= 0.6 is 0 Å². The van der Waals surface area contributed by atoms with E-state index in [9.17, 15) is 0 Å². The minimum atomic E-state index is 0.241. The molecule has 0 aliphatic carbocycles. The van der Waals surface area contributed by atoms with Gasteiger partial charge in [-0.05, 0) is 25.1 Å². The van der Waals surface area contributed by atoms with E-state index < -0.39 is 0 Å². The number of nitrogens with zero attached hydrogens (tertiary/aromatic N) is 4. The van der Waals surface area contributed by atoms with Gasteiger partial charge in [0, 0.05) is 26.5 Å². The summed E-state index contributed by atoms with van der Waals surface area (Å²) in [7, 11) is 5.81. The molecule has 0 saturated heterocycles. The van der Waals surface area contributed by atoms with Crippen LogP contribution in [-0.2, 0) is 20.5 Å². The van der Waals surface area contributed by atoms with Crippen molar-refractivity contribution in [2.24, 2.45) is 14.1 Å². The minimum Gasteiger partial charge on any atom is -0.311 e. The van der Waals surface area contributed by atoms with Crippen LogP contribution in [0.5, 0.6) is 0 Å². The van der Waals surface area contributed by atoms with Crippen molar-refractivity contribution in [3.05, 3.63) is 35.9 Å². The van der Waals surface area contributed by atoms with Gasteiger partial charge in [-0.15, -0.1) is 0 Å². The fourth-order valence-corrected chi connectivity index (χ4v) is 1.79. The molecule has 2 rings (SSSR count). The number of hydrogen-bond donors (Lipinski definition) is 1. The Morgan fingerprint density at radius 2 is 2.19 bits per heavy atom. The Morgan fingerprint density at radius 1 is 1.38 bits per heavy atom. The maximum absolute atomic E-state index is 4.41. The highest BCUT2D eigenvalue weighted by atomic mass is 15.3. The van der Waals surface area contributed by atoms with Crippen molar-refractivity contribution in [2.75, 3.05) is 7.05 Å². The van der Waals surface area contributed by atoms with Gasteiger partial charge in [-0.2, -0.15) is 10.2 Å². The van der Waals surface area contributed by atoms with Gasteiger partial charge in [-0.3, -0.25) is 9.36 Å². The van der Waals surface area contributed by atoms with Gasteiger partial charge in [-0.25, -0.2) is 0 Å². The molecule has 5 heteroatoms. The van der Waals surface area contributed by atoms with Crippen LogP contribution in [0.3, 0.4) is 0 Å². The molecule has 0 spiro atoms. The average Bonchev–Trinajstić information content (AvgIpc) is 2.84. The van der Waals surface area contributed by atoms with Crippen LogP contribution in [0.1, 0.15) is 17.3 Å². The SMILES string of the molecule is CNC(Cc1cnn(C)c1)c1ccn(C)n1. The summed E-state index contributed by atoms with van der Waals surface area (Å²) in [4.78, 5) is 0. The maximum atomic E-state index is 4.41. The predicted molar refractivity (Wildman–Crippen MR) is 61.9 cm³/mol. The first kappa shape index (κ1) is 10.9. The number of aromatic nitrogens is 4. The van der Waals surface area contributed by atoms with Crippen LogP contribution in [0.25, 0.3) is 0 Å². The summed E-state index contributed by atoms with van der Waals surface area (Å²) in [6.45, 7) is 0. The molecule has 0 aliphatic rings. The molecule has 16 heavy (non-hydrogen) atoms. The van der Waals surface area contributed by atoms with E-state index in [1.165, 1.54) is 5.56 Å². The maximum Gasteiger partial charge on any atom is 0.0797 e. The van der Waals surface area contributed by atoms with Gasteiger partial charge in [0.05, 0.1) is 17.9 Å². The Morgan fingerprint density at radius 3 is 2.69 bits per heavy atom. The van der Waals surface area contributed by atoms with Gasteiger partial charge in [0.15, 0.2) is 0 Å². The van der Waals surface area contributed by atoms with E-state index in [1.54, 1.807) is 0 Å². The quantitative estimate of drug-likeness (QED) is 0.821. The normalized spacial score (nSPS) is 12.9. The molecule has 2 heterocycles. The number of nitrogens with one attached hydrogen (secondary N) is 1. The highest BCUT2D eigenvalue weighted by molar-refractivity contribution is 5.13. The Kier molecular flexibility index (Phi) is 3.05. The van der Waals surface area contributed by atoms with Crippen molar-refractivity contribution < 1.29 is 0 Å². The molecule has 0 saturated carbocycles. The van der Waals surface area contributed by atoms with Crippen molar-refractivity contribution in [3.63, 3.8) is 0 Å². The molecule has 1 atom stereocenters. The average molecular weight is 219 g/mol. The topological polar surface area (TPSA) is 47.7 Å². The van der Waals surface area contributed by atoms with Crippen LogP contribution in [0.2, 0.25) is 0 Å². The predicted octanol–water partition coefficient (Wildman–Crippen LogP) is 0.657. The number of aryl methyl sites for hydroxylation is 2. The summed E-state index contributed by atoms with van der Waals surface area (Å²) < 4.78 is 3.64. The zero-order valence-corrected chi connectivity index (χ0v) is 9.88. The number of rotatable bonds is 4. The van der Waals surface area contributed by atoms with Crippen LogP contribution < -0.4 is 5.32 Å². The second-order valence-corrected chi connectivity index (χ2v) is 3.98. The van der Waals surface area contributed by atoms with Crippen LogP contribution in [0, 0.1) is 0 Å².